The van der Waals surface area contributed by atoms with E-state index in [2.05, 4.69) is 102 Å². The number of hydrogen-bond acceptors (Lipinski definition) is 1. The van der Waals surface area contributed by atoms with Gasteiger partial charge in [0, 0.05) is 19.1 Å². The highest BCUT2D eigenvalue weighted by atomic mass is 35.5. The van der Waals surface area contributed by atoms with Crippen molar-refractivity contribution in [2.45, 2.75) is 66.1 Å². The molecule has 0 aliphatic carbocycles. The van der Waals surface area contributed by atoms with E-state index in [0.29, 0.717) is 6.04 Å². The van der Waals surface area contributed by atoms with Crippen molar-refractivity contribution < 1.29 is 0 Å². The fraction of sp³-hybridized carbons (Fsp3) is 0.417. The van der Waals surface area contributed by atoms with Crippen LogP contribution < -0.4 is 0 Å². The molecule has 0 bridgehead atoms. The second kappa shape index (κ2) is 9.39. The van der Waals surface area contributed by atoms with E-state index in [4.69, 9.17) is 0 Å². The average molecular weight is 372 g/mol. The van der Waals surface area contributed by atoms with Crippen LogP contribution >= 0.6 is 12.4 Å². The largest absolute Gasteiger partial charge is 0.292 e. The molecule has 0 N–H and O–H groups in total. The van der Waals surface area contributed by atoms with Crippen LogP contribution in [0.5, 0.6) is 0 Å². The molecule has 0 aromatic heterocycles. The van der Waals surface area contributed by atoms with Gasteiger partial charge in [-0.2, -0.15) is 0 Å². The van der Waals surface area contributed by atoms with Gasteiger partial charge in [-0.05, 0) is 48.4 Å². The van der Waals surface area contributed by atoms with Crippen molar-refractivity contribution in [3.05, 3.63) is 77.4 Å². The minimum atomic E-state index is 0. The Morgan fingerprint density at radius 2 is 1.54 bits per heavy atom. The zero-order chi connectivity index (χ0) is 18.6. The third-order valence-electron chi connectivity index (χ3n) is 4.74. The molecule has 0 atom stereocenters. The topological polar surface area (TPSA) is 3.24 Å². The second-order valence-electron chi connectivity index (χ2n) is 8.43. The highest BCUT2D eigenvalue weighted by Gasteiger charge is 2.15. The minimum absolute atomic E-state index is 0. The lowest BCUT2D eigenvalue weighted by Crippen LogP contribution is -2.29. The van der Waals surface area contributed by atoms with E-state index in [-0.39, 0.29) is 17.8 Å². The number of rotatable bonds is 6. The smallest absolute Gasteiger partial charge is 0.0240 e. The fourth-order valence-corrected chi connectivity index (χ4v) is 2.94. The summed E-state index contributed by atoms with van der Waals surface area (Å²) in [5.74, 6) is 0. The van der Waals surface area contributed by atoms with Gasteiger partial charge in [0.15, 0.2) is 0 Å². The number of halogens is 1. The van der Waals surface area contributed by atoms with Gasteiger partial charge in [-0.3, -0.25) is 4.90 Å². The molecule has 0 amide bonds. The Balaban J connectivity index is 0.00000338. The zero-order valence-electron chi connectivity index (χ0n) is 17.2. The van der Waals surface area contributed by atoms with E-state index >= 15 is 0 Å². The lowest BCUT2D eigenvalue weighted by Gasteiger charge is -2.27. The molecule has 0 spiro atoms. The SMILES string of the molecule is C=C(C)c1cccc(CN(Cc2ccc(C(C)(C)C)cc2)C(C)C)c1.Cl. The summed E-state index contributed by atoms with van der Waals surface area (Å²) in [6, 6.07) is 18.3. The van der Waals surface area contributed by atoms with Crippen LogP contribution in [0.25, 0.3) is 5.57 Å². The van der Waals surface area contributed by atoms with Gasteiger partial charge in [-0.25, -0.2) is 0 Å². The molecule has 26 heavy (non-hydrogen) atoms. The summed E-state index contributed by atoms with van der Waals surface area (Å²) >= 11 is 0. The van der Waals surface area contributed by atoms with Crippen LogP contribution in [0.4, 0.5) is 0 Å². The molecule has 0 saturated heterocycles. The van der Waals surface area contributed by atoms with Crippen molar-refractivity contribution >= 4 is 18.0 Å². The van der Waals surface area contributed by atoms with E-state index in [0.717, 1.165) is 18.7 Å². The third kappa shape index (κ3) is 6.30. The van der Waals surface area contributed by atoms with Gasteiger partial charge < -0.3 is 0 Å². The van der Waals surface area contributed by atoms with E-state index < -0.39 is 0 Å². The Morgan fingerprint density at radius 1 is 0.962 bits per heavy atom. The Kier molecular flexibility index (Phi) is 8.12. The highest BCUT2D eigenvalue weighted by Crippen LogP contribution is 2.23. The van der Waals surface area contributed by atoms with Crippen LogP contribution in [0.2, 0.25) is 0 Å². The molecule has 0 unspecified atom stereocenters. The van der Waals surface area contributed by atoms with Gasteiger partial charge in [0.1, 0.15) is 0 Å². The summed E-state index contributed by atoms with van der Waals surface area (Å²) in [7, 11) is 0. The molecule has 0 aliphatic rings. The molecule has 0 radical (unpaired) electrons. The Labute approximate surface area is 166 Å². The van der Waals surface area contributed by atoms with Gasteiger partial charge in [-0.1, -0.05) is 81.5 Å². The minimum Gasteiger partial charge on any atom is -0.292 e. The maximum Gasteiger partial charge on any atom is 0.0240 e. The number of allylic oxidation sites excluding steroid dienone is 1. The van der Waals surface area contributed by atoms with E-state index in [1.54, 1.807) is 0 Å². The average Bonchev–Trinajstić information content (AvgIpc) is 2.54. The predicted octanol–water partition coefficient (Wildman–Crippen LogP) is 6.85. The van der Waals surface area contributed by atoms with Gasteiger partial charge >= 0.3 is 0 Å². The van der Waals surface area contributed by atoms with E-state index in [9.17, 15) is 0 Å². The quantitative estimate of drug-likeness (QED) is 0.536. The van der Waals surface area contributed by atoms with Crippen molar-refractivity contribution in [3.8, 4) is 0 Å². The standard InChI is InChI=1S/C24H33N.ClH/c1-18(2)22-10-8-9-21(15-22)17-25(19(3)4)16-20-11-13-23(14-12-20)24(5,6)7;/h8-15,19H,1,16-17H2,2-7H3;1H. The molecule has 1 nitrogen and oxygen atoms in total. The Bertz CT molecular complexity index is 708. The lowest BCUT2D eigenvalue weighted by molar-refractivity contribution is 0.203. The monoisotopic (exact) mass is 371 g/mol. The van der Waals surface area contributed by atoms with Gasteiger partial charge in [0.05, 0.1) is 0 Å². The van der Waals surface area contributed by atoms with Gasteiger partial charge in [0.2, 0.25) is 0 Å². The molecule has 0 heterocycles. The first-order chi connectivity index (χ1) is 11.7. The van der Waals surface area contributed by atoms with Crippen LogP contribution in [-0.4, -0.2) is 10.9 Å². The summed E-state index contributed by atoms with van der Waals surface area (Å²) < 4.78 is 0. The normalized spacial score (nSPS) is 11.5. The fourth-order valence-electron chi connectivity index (χ4n) is 2.94. The molecular formula is C24H34ClN. The van der Waals surface area contributed by atoms with Crippen molar-refractivity contribution in [3.63, 3.8) is 0 Å². The maximum atomic E-state index is 4.06. The van der Waals surface area contributed by atoms with Crippen molar-refractivity contribution in [1.82, 2.24) is 4.90 Å². The first-order valence-electron chi connectivity index (χ1n) is 9.25. The molecular weight excluding hydrogens is 338 g/mol. The number of benzene rings is 2. The van der Waals surface area contributed by atoms with Crippen LogP contribution in [0, 0.1) is 0 Å². The number of nitrogens with zero attached hydrogens (tertiary/aromatic N) is 1. The molecule has 0 saturated carbocycles. The van der Waals surface area contributed by atoms with E-state index in [1.807, 2.05) is 0 Å². The van der Waals surface area contributed by atoms with Gasteiger partial charge in [-0.15, -0.1) is 12.4 Å². The Hall–Kier alpha value is -1.57. The van der Waals surface area contributed by atoms with Crippen LogP contribution in [0.1, 0.15) is 63.8 Å². The van der Waals surface area contributed by atoms with E-state index in [1.165, 1.54) is 22.3 Å². The molecule has 2 rings (SSSR count). The van der Waals surface area contributed by atoms with Crippen molar-refractivity contribution in [2.75, 3.05) is 0 Å². The lowest BCUT2D eigenvalue weighted by atomic mass is 9.86. The first kappa shape index (κ1) is 22.5. The van der Waals surface area contributed by atoms with Crippen LogP contribution in [0.15, 0.2) is 55.1 Å². The summed E-state index contributed by atoms with van der Waals surface area (Å²) in [5, 5.41) is 0. The summed E-state index contributed by atoms with van der Waals surface area (Å²) in [6.07, 6.45) is 0. The van der Waals surface area contributed by atoms with Crippen molar-refractivity contribution in [2.24, 2.45) is 0 Å². The zero-order valence-corrected chi connectivity index (χ0v) is 18.0. The van der Waals surface area contributed by atoms with Crippen molar-refractivity contribution in [1.29, 1.82) is 0 Å². The summed E-state index contributed by atoms with van der Waals surface area (Å²) in [4.78, 5) is 2.52. The summed E-state index contributed by atoms with van der Waals surface area (Å²) in [5.41, 5.74) is 6.67. The Morgan fingerprint density at radius 3 is 2.04 bits per heavy atom. The van der Waals surface area contributed by atoms with Crippen LogP contribution in [-0.2, 0) is 18.5 Å². The molecule has 2 aromatic rings. The first-order valence-corrected chi connectivity index (χ1v) is 9.25. The highest BCUT2D eigenvalue weighted by molar-refractivity contribution is 5.85. The second-order valence-corrected chi connectivity index (χ2v) is 8.43. The molecule has 142 valence electrons. The third-order valence-corrected chi connectivity index (χ3v) is 4.74. The summed E-state index contributed by atoms with van der Waals surface area (Å²) in [6.45, 7) is 19.4. The molecule has 0 aliphatic heterocycles. The molecule has 2 aromatic carbocycles. The molecule has 2 heteroatoms. The maximum absolute atomic E-state index is 4.06. The van der Waals surface area contributed by atoms with Gasteiger partial charge in [0.25, 0.3) is 0 Å². The molecule has 0 fully saturated rings. The van der Waals surface area contributed by atoms with Crippen LogP contribution in [0.3, 0.4) is 0 Å². The predicted molar refractivity (Wildman–Crippen MR) is 118 cm³/mol. The number of hydrogen-bond donors (Lipinski definition) is 0.